The van der Waals surface area contributed by atoms with Crippen molar-refractivity contribution in [2.24, 2.45) is 7.05 Å². The molecule has 2 atom stereocenters. The Morgan fingerprint density at radius 2 is 2.14 bits per heavy atom. The molecule has 1 saturated heterocycles. The number of nitrogens with zero attached hydrogens (tertiary/aromatic N) is 5. The molecular weight excluding hydrogens is 374 g/mol. The van der Waals surface area contributed by atoms with Gasteiger partial charge < -0.3 is 10.0 Å². The molecule has 3 rings (SSSR count). The Bertz CT molecular complexity index is 780. The molecule has 150 valence electrons. The fraction of sp³-hybridized carbons (Fsp3) is 0.500. The number of hydrogen-bond acceptors (Lipinski definition) is 6. The summed E-state index contributed by atoms with van der Waals surface area (Å²) in [4.78, 5) is 14.2. The van der Waals surface area contributed by atoms with Gasteiger partial charge in [0.1, 0.15) is 0 Å². The second kappa shape index (κ2) is 10.4. The van der Waals surface area contributed by atoms with Gasteiger partial charge in [-0.3, -0.25) is 4.79 Å². The first kappa shape index (κ1) is 20.5. The number of aromatic nitrogens is 4. The maximum absolute atomic E-state index is 12.2. The van der Waals surface area contributed by atoms with Crippen LogP contribution in [0.3, 0.4) is 0 Å². The van der Waals surface area contributed by atoms with Crippen molar-refractivity contribution in [3.63, 3.8) is 0 Å². The molecule has 1 unspecified atom stereocenters. The lowest BCUT2D eigenvalue weighted by atomic mass is 10.1. The molecule has 1 aromatic carbocycles. The van der Waals surface area contributed by atoms with E-state index in [4.69, 9.17) is 0 Å². The number of aliphatic hydroxyl groups is 1. The third-order valence-corrected chi connectivity index (χ3v) is 5.92. The molecule has 28 heavy (non-hydrogen) atoms. The van der Waals surface area contributed by atoms with Gasteiger partial charge in [-0.15, -0.1) is 5.10 Å². The third-order valence-electron chi connectivity index (χ3n) is 4.82. The minimum Gasteiger partial charge on any atom is -0.389 e. The lowest BCUT2D eigenvalue weighted by Crippen LogP contribution is -2.33. The summed E-state index contributed by atoms with van der Waals surface area (Å²) in [7, 11) is 1.83. The molecule has 0 spiro atoms. The van der Waals surface area contributed by atoms with Gasteiger partial charge in [-0.05, 0) is 35.3 Å². The highest BCUT2D eigenvalue weighted by Crippen LogP contribution is 2.22. The summed E-state index contributed by atoms with van der Waals surface area (Å²) in [6.45, 7) is 0.750. The van der Waals surface area contributed by atoms with E-state index >= 15 is 0 Å². The van der Waals surface area contributed by atoms with Crippen LogP contribution in [0, 0.1) is 0 Å². The zero-order chi connectivity index (χ0) is 19.8. The van der Waals surface area contributed by atoms with E-state index in [0.717, 1.165) is 42.3 Å². The van der Waals surface area contributed by atoms with E-state index < -0.39 is 6.10 Å². The number of hydrogen-bond donors (Lipinski definition) is 1. The average molecular weight is 402 g/mol. The minimum absolute atomic E-state index is 0.0912. The van der Waals surface area contributed by atoms with Gasteiger partial charge in [0.25, 0.3) is 0 Å². The van der Waals surface area contributed by atoms with Crippen LogP contribution in [-0.4, -0.2) is 60.6 Å². The first-order valence-corrected chi connectivity index (χ1v) is 10.7. The summed E-state index contributed by atoms with van der Waals surface area (Å²) < 4.78 is 1.66. The van der Waals surface area contributed by atoms with Crippen molar-refractivity contribution in [1.29, 1.82) is 0 Å². The van der Waals surface area contributed by atoms with Crippen LogP contribution in [0.1, 0.15) is 31.2 Å². The molecule has 1 aliphatic heterocycles. The van der Waals surface area contributed by atoms with Crippen molar-refractivity contribution in [2.75, 3.05) is 12.3 Å². The van der Waals surface area contributed by atoms with Gasteiger partial charge in [-0.1, -0.05) is 54.2 Å². The van der Waals surface area contributed by atoms with Gasteiger partial charge in [-0.25, -0.2) is 4.68 Å². The van der Waals surface area contributed by atoms with Crippen LogP contribution in [0.25, 0.3) is 0 Å². The molecule has 0 aliphatic carbocycles. The number of amides is 1. The summed E-state index contributed by atoms with van der Waals surface area (Å²) in [5, 5.41) is 22.5. The van der Waals surface area contributed by atoms with Crippen LogP contribution in [-0.2, 0) is 18.3 Å². The van der Waals surface area contributed by atoms with Crippen molar-refractivity contribution >= 4 is 17.7 Å². The van der Waals surface area contributed by atoms with Crippen molar-refractivity contribution in [3.8, 4) is 0 Å². The summed E-state index contributed by atoms with van der Waals surface area (Å²) in [6, 6.07) is 10.0. The monoisotopic (exact) mass is 401 g/mol. The zero-order valence-corrected chi connectivity index (χ0v) is 17.0. The molecular formula is C20H27N5O2S. The van der Waals surface area contributed by atoms with E-state index in [9.17, 15) is 9.90 Å². The topological polar surface area (TPSA) is 84.1 Å². The van der Waals surface area contributed by atoms with E-state index in [2.05, 4.69) is 15.5 Å². The predicted octanol–water partition coefficient (Wildman–Crippen LogP) is 2.23. The highest BCUT2D eigenvalue weighted by atomic mass is 32.2. The quantitative estimate of drug-likeness (QED) is 0.373. The van der Waals surface area contributed by atoms with Gasteiger partial charge in [0, 0.05) is 32.2 Å². The molecule has 1 fully saturated rings. The number of carbonyl (C=O) groups is 1. The van der Waals surface area contributed by atoms with Gasteiger partial charge in [0.15, 0.2) is 0 Å². The molecule has 1 amide bonds. The fourth-order valence-corrected chi connectivity index (χ4v) is 4.17. The van der Waals surface area contributed by atoms with Gasteiger partial charge >= 0.3 is 0 Å². The first-order chi connectivity index (χ1) is 13.6. The standard InChI is InChI=1S/C20H27N5O2S/c1-24-20(21-22-23-24)28-14-6-5-13-25-17(10-12-19(25)27)9-11-18(26)15-16-7-3-2-4-8-16/h2-4,7-9,11,17-18,26H,5-6,10,12-15H2,1H3/b11-9+/t17-,18?/m1/s1. The van der Waals surface area contributed by atoms with Crippen molar-refractivity contribution in [3.05, 3.63) is 48.0 Å². The van der Waals surface area contributed by atoms with Crippen LogP contribution < -0.4 is 0 Å². The highest BCUT2D eigenvalue weighted by molar-refractivity contribution is 7.99. The minimum atomic E-state index is -0.531. The van der Waals surface area contributed by atoms with Crippen molar-refractivity contribution < 1.29 is 9.90 Å². The molecule has 1 aliphatic rings. The second-order valence-electron chi connectivity index (χ2n) is 6.98. The van der Waals surface area contributed by atoms with E-state index in [1.165, 1.54) is 0 Å². The number of aryl methyl sites for hydroxylation is 1. The number of thioether (sulfide) groups is 1. The molecule has 0 radical (unpaired) electrons. The Hall–Kier alpha value is -2.19. The summed E-state index contributed by atoms with van der Waals surface area (Å²) >= 11 is 1.63. The van der Waals surface area contributed by atoms with Crippen molar-refractivity contribution in [2.45, 2.75) is 49.4 Å². The van der Waals surface area contributed by atoms with E-state index in [-0.39, 0.29) is 11.9 Å². The van der Waals surface area contributed by atoms with Gasteiger partial charge in [0.2, 0.25) is 11.1 Å². The molecule has 1 aromatic heterocycles. The Morgan fingerprint density at radius 3 is 2.89 bits per heavy atom. The van der Waals surface area contributed by atoms with Crippen LogP contribution in [0.4, 0.5) is 0 Å². The van der Waals surface area contributed by atoms with E-state index in [1.807, 2.05) is 54.4 Å². The number of likely N-dealkylation sites (tertiary alicyclic amines) is 1. The average Bonchev–Trinajstić information content (AvgIpc) is 3.26. The Kier molecular flexibility index (Phi) is 7.62. The zero-order valence-electron chi connectivity index (χ0n) is 16.1. The maximum atomic E-state index is 12.2. The fourth-order valence-electron chi connectivity index (χ4n) is 3.32. The highest BCUT2D eigenvalue weighted by Gasteiger charge is 2.28. The summed E-state index contributed by atoms with van der Waals surface area (Å²) in [5.41, 5.74) is 1.11. The number of carbonyl (C=O) groups excluding carboxylic acids is 1. The largest absolute Gasteiger partial charge is 0.389 e. The normalized spacial score (nSPS) is 18.3. The molecule has 1 N–H and O–H groups in total. The van der Waals surface area contributed by atoms with Crippen LogP contribution >= 0.6 is 11.8 Å². The third kappa shape index (κ3) is 5.90. The lowest BCUT2D eigenvalue weighted by Gasteiger charge is -2.22. The predicted molar refractivity (Wildman–Crippen MR) is 109 cm³/mol. The number of tetrazole rings is 1. The second-order valence-corrected chi connectivity index (χ2v) is 8.04. The summed E-state index contributed by atoms with van der Waals surface area (Å²) in [5.74, 6) is 1.13. The van der Waals surface area contributed by atoms with E-state index in [0.29, 0.717) is 12.8 Å². The molecule has 2 heterocycles. The number of benzene rings is 1. The van der Waals surface area contributed by atoms with Crippen molar-refractivity contribution in [1.82, 2.24) is 25.1 Å². The smallest absolute Gasteiger partial charge is 0.223 e. The van der Waals surface area contributed by atoms with E-state index in [1.54, 1.807) is 16.4 Å². The molecule has 7 nitrogen and oxygen atoms in total. The first-order valence-electron chi connectivity index (χ1n) is 9.68. The van der Waals surface area contributed by atoms with Crippen LogP contribution in [0.5, 0.6) is 0 Å². The van der Waals surface area contributed by atoms with Gasteiger partial charge in [0.05, 0.1) is 12.1 Å². The maximum Gasteiger partial charge on any atom is 0.223 e. The molecule has 2 aromatic rings. The van der Waals surface area contributed by atoms with Gasteiger partial charge in [-0.2, -0.15) is 0 Å². The molecule has 0 saturated carbocycles. The number of unbranched alkanes of at least 4 members (excludes halogenated alkanes) is 1. The summed E-state index contributed by atoms with van der Waals surface area (Å²) in [6.07, 6.45) is 7.24. The molecule has 0 bridgehead atoms. The number of rotatable bonds is 10. The number of aliphatic hydroxyl groups excluding tert-OH is 1. The Morgan fingerprint density at radius 1 is 1.32 bits per heavy atom. The van der Waals surface area contributed by atoms with Crippen LogP contribution in [0.15, 0.2) is 47.6 Å². The van der Waals surface area contributed by atoms with Crippen LogP contribution in [0.2, 0.25) is 0 Å². The molecule has 8 heteroatoms. The Balaban J connectivity index is 1.41. The SMILES string of the molecule is Cn1nnnc1SCCCCN1C(=O)CC[C@H]1/C=C/C(O)Cc1ccccc1. The lowest BCUT2D eigenvalue weighted by molar-refractivity contribution is -0.128. The Labute approximate surface area is 169 Å².